The van der Waals surface area contributed by atoms with Crippen LogP contribution in [-0.4, -0.2) is 80.6 Å². The molecule has 4 rings (SSSR count). The van der Waals surface area contributed by atoms with Crippen LogP contribution in [0.3, 0.4) is 0 Å². The van der Waals surface area contributed by atoms with Gasteiger partial charge in [-0.2, -0.15) is 0 Å². The number of rotatable bonds is 13. The van der Waals surface area contributed by atoms with E-state index in [0.29, 0.717) is 41.8 Å². The van der Waals surface area contributed by atoms with E-state index in [1.165, 1.54) is 16.8 Å². The van der Waals surface area contributed by atoms with E-state index in [2.05, 4.69) is 34.7 Å². The molecule has 0 spiro atoms. The molecule has 0 atom stereocenters. The molecule has 14 nitrogen and oxygen atoms in total. The van der Waals surface area contributed by atoms with Crippen LogP contribution in [-0.2, 0) is 25.4 Å². The number of ether oxygens (including phenoxy) is 1. The summed E-state index contributed by atoms with van der Waals surface area (Å²) in [5.41, 5.74) is 1.51. The van der Waals surface area contributed by atoms with Gasteiger partial charge >= 0.3 is 0 Å². The normalized spacial score (nSPS) is 13.7. The molecular weight excluding hydrogens is 556 g/mol. The van der Waals surface area contributed by atoms with Gasteiger partial charge in [0, 0.05) is 58.7 Å². The van der Waals surface area contributed by atoms with Gasteiger partial charge in [0.05, 0.1) is 35.7 Å². The van der Waals surface area contributed by atoms with Crippen LogP contribution in [0.25, 0.3) is 0 Å². The number of nitro groups is 1. The van der Waals surface area contributed by atoms with Crippen molar-refractivity contribution < 1.29 is 24.0 Å². The number of hydrogen-bond donors (Lipinski definition) is 3. The Hall–Kier alpha value is -4.43. The average Bonchev–Trinajstić information content (AvgIpc) is 3.66. The number of aryl methyl sites for hydroxylation is 3. The fraction of sp³-hybridized carbons (Fsp3) is 0.483. The minimum Gasteiger partial charge on any atom is -0.379 e. The predicted octanol–water partition coefficient (Wildman–Crippen LogP) is 3.08. The van der Waals surface area contributed by atoms with E-state index in [1.807, 2.05) is 0 Å². The summed E-state index contributed by atoms with van der Waals surface area (Å²) in [7, 11) is 3.29. The molecule has 0 saturated carbocycles. The molecule has 0 unspecified atom stereocenters. The van der Waals surface area contributed by atoms with Crippen LogP contribution in [0.1, 0.15) is 58.2 Å². The number of carbonyl (C=O) groups excluding carboxylic acids is 3. The quantitative estimate of drug-likeness (QED) is 0.155. The molecule has 14 heteroatoms. The summed E-state index contributed by atoms with van der Waals surface area (Å²) >= 11 is 0. The minimum atomic E-state index is -0.563. The molecule has 1 saturated heterocycles. The number of amides is 3. The van der Waals surface area contributed by atoms with Gasteiger partial charge in [0.25, 0.3) is 23.4 Å². The summed E-state index contributed by atoms with van der Waals surface area (Å²) in [4.78, 5) is 51.9. The molecule has 1 aliphatic rings. The molecule has 232 valence electrons. The van der Waals surface area contributed by atoms with E-state index in [9.17, 15) is 24.5 Å². The second-order valence-electron chi connectivity index (χ2n) is 11.1. The summed E-state index contributed by atoms with van der Waals surface area (Å²) < 4.78 is 10.2. The minimum absolute atomic E-state index is 0.115. The Morgan fingerprint density at radius 1 is 0.884 bits per heavy atom. The molecule has 0 aliphatic carbocycles. The number of morpholine rings is 1. The van der Waals surface area contributed by atoms with Crippen LogP contribution < -0.4 is 16.0 Å². The van der Waals surface area contributed by atoms with E-state index in [1.54, 1.807) is 47.8 Å². The van der Waals surface area contributed by atoms with Crippen molar-refractivity contribution in [2.45, 2.75) is 33.2 Å². The molecule has 0 aromatic carbocycles. The van der Waals surface area contributed by atoms with Gasteiger partial charge in [0.2, 0.25) is 0 Å². The molecule has 3 amide bonds. The Kier molecular flexibility index (Phi) is 10.4. The number of aromatic nitrogens is 3. The second kappa shape index (κ2) is 14.2. The Balaban J connectivity index is 1.41. The SMILES string of the molecule is CC(C)CCn1cc(NC(=O)c2cc([N+](=O)[O-])cn2C)cc1C(=O)Nc1cc(C(=O)NCCCN2CCOCC2)n(C)c1. The van der Waals surface area contributed by atoms with Crippen LogP contribution in [0.15, 0.2) is 36.8 Å². The Morgan fingerprint density at radius 2 is 1.49 bits per heavy atom. The molecule has 0 radical (unpaired) electrons. The fourth-order valence-electron chi connectivity index (χ4n) is 4.89. The topological polar surface area (TPSA) is 158 Å². The first-order valence-corrected chi connectivity index (χ1v) is 14.4. The van der Waals surface area contributed by atoms with Crippen LogP contribution in [0.2, 0.25) is 0 Å². The standard InChI is InChI=1S/C29H40N8O6/c1-20(2)6-9-36-18-22(32-28(39)25-16-23(37(41)42)19-34(25)4)15-26(36)29(40)31-21-14-24(33(3)17-21)27(38)30-7-5-8-35-10-12-43-13-11-35/h14-20H,5-13H2,1-4H3,(H,30,38)(H,31,40)(H,32,39). The largest absolute Gasteiger partial charge is 0.379 e. The third-order valence-electron chi connectivity index (χ3n) is 7.30. The highest BCUT2D eigenvalue weighted by Crippen LogP contribution is 2.22. The molecule has 3 N–H and O–H groups in total. The first kappa shape index (κ1) is 31.5. The van der Waals surface area contributed by atoms with Crippen LogP contribution in [0, 0.1) is 16.0 Å². The van der Waals surface area contributed by atoms with Crippen molar-refractivity contribution >= 4 is 34.8 Å². The molecule has 3 aromatic heterocycles. The third-order valence-corrected chi connectivity index (χ3v) is 7.30. The lowest BCUT2D eigenvalue weighted by atomic mass is 10.1. The van der Waals surface area contributed by atoms with Crippen molar-refractivity contribution in [1.82, 2.24) is 23.9 Å². The average molecular weight is 597 g/mol. The molecule has 4 heterocycles. The fourth-order valence-corrected chi connectivity index (χ4v) is 4.89. The monoisotopic (exact) mass is 596 g/mol. The summed E-state index contributed by atoms with van der Waals surface area (Å²) in [6, 6.07) is 4.39. The summed E-state index contributed by atoms with van der Waals surface area (Å²) in [5.74, 6) is -0.783. The second-order valence-corrected chi connectivity index (χ2v) is 11.1. The van der Waals surface area contributed by atoms with Crippen LogP contribution in [0.4, 0.5) is 17.1 Å². The lowest BCUT2D eigenvalue weighted by Crippen LogP contribution is -2.38. The van der Waals surface area contributed by atoms with E-state index >= 15 is 0 Å². The smallest absolute Gasteiger partial charge is 0.287 e. The summed E-state index contributed by atoms with van der Waals surface area (Å²) in [6.07, 6.45) is 6.24. The molecule has 0 bridgehead atoms. The summed E-state index contributed by atoms with van der Waals surface area (Å²) in [6.45, 7) is 9.41. The van der Waals surface area contributed by atoms with Crippen molar-refractivity contribution in [1.29, 1.82) is 0 Å². The highest BCUT2D eigenvalue weighted by molar-refractivity contribution is 6.07. The molecule has 1 fully saturated rings. The van der Waals surface area contributed by atoms with Crippen LogP contribution >= 0.6 is 0 Å². The van der Waals surface area contributed by atoms with Crippen LogP contribution in [0.5, 0.6) is 0 Å². The van der Waals surface area contributed by atoms with E-state index in [-0.39, 0.29) is 17.3 Å². The van der Waals surface area contributed by atoms with Gasteiger partial charge in [-0.15, -0.1) is 0 Å². The zero-order valence-corrected chi connectivity index (χ0v) is 25.1. The highest BCUT2D eigenvalue weighted by atomic mass is 16.6. The Labute approximate surface area is 250 Å². The maximum Gasteiger partial charge on any atom is 0.287 e. The van der Waals surface area contributed by atoms with Gasteiger partial charge in [-0.3, -0.25) is 29.4 Å². The van der Waals surface area contributed by atoms with Gasteiger partial charge in [0.1, 0.15) is 17.1 Å². The number of nitrogens with zero attached hydrogens (tertiary/aromatic N) is 5. The maximum atomic E-state index is 13.4. The van der Waals surface area contributed by atoms with Gasteiger partial charge in [-0.05, 0) is 37.4 Å². The number of hydrogen-bond acceptors (Lipinski definition) is 7. The van der Waals surface area contributed by atoms with E-state index in [4.69, 9.17) is 4.74 Å². The van der Waals surface area contributed by atoms with Gasteiger partial charge in [0.15, 0.2) is 0 Å². The zero-order chi connectivity index (χ0) is 31.1. The maximum absolute atomic E-state index is 13.4. The number of nitrogens with one attached hydrogen (secondary N) is 3. The van der Waals surface area contributed by atoms with Crippen molar-refractivity contribution in [3.8, 4) is 0 Å². The predicted molar refractivity (Wildman–Crippen MR) is 161 cm³/mol. The Bertz CT molecular complexity index is 1460. The third kappa shape index (κ3) is 8.32. The first-order valence-electron chi connectivity index (χ1n) is 14.4. The van der Waals surface area contributed by atoms with E-state index in [0.717, 1.165) is 45.7 Å². The van der Waals surface area contributed by atoms with Crippen molar-refractivity contribution in [2.75, 3.05) is 50.0 Å². The van der Waals surface area contributed by atoms with Crippen molar-refractivity contribution in [3.05, 3.63) is 64.0 Å². The lowest BCUT2D eigenvalue weighted by molar-refractivity contribution is -0.384. The molecule has 1 aliphatic heterocycles. The molecule has 43 heavy (non-hydrogen) atoms. The first-order chi connectivity index (χ1) is 20.5. The lowest BCUT2D eigenvalue weighted by Gasteiger charge is -2.26. The van der Waals surface area contributed by atoms with Crippen molar-refractivity contribution in [3.63, 3.8) is 0 Å². The number of anilines is 2. The van der Waals surface area contributed by atoms with Gasteiger partial charge < -0.3 is 34.4 Å². The summed E-state index contributed by atoms with van der Waals surface area (Å²) in [5, 5.41) is 19.7. The highest BCUT2D eigenvalue weighted by Gasteiger charge is 2.21. The van der Waals surface area contributed by atoms with E-state index < -0.39 is 16.7 Å². The Morgan fingerprint density at radius 3 is 2.14 bits per heavy atom. The number of carbonyl (C=O) groups is 3. The van der Waals surface area contributed by atoms with Crippen molar-refractivity contribution in [2.24, 2.45) is 20.0 Å². The molecule has 3 aromatic rings. The molecular formula is C29H40N8O6. The van der Waals surface area contributed by atoms with Gasteiger partial charge in [-0.1, -0.05) is 13.8 Å². The van der Waals surface area contributed by atoms with Gasteiger partial charge in [-0.25, -0.2) is 0 Å². The zero-order valence-electron chi connectivity index (χ0n) is 25.1.